The first-order valence-electron chi connectivity index (χ1n) is 6.91. The van der Waals surface area contributed by atoms with Crippen LogP contribution < -0.4 is 5.43 Å². The number of hydrogen-bond acceptors (Lipinski definition) is 5. The largest absolute Gasteiger partial charge is 0.462 e. The summed E-state index contributed by atoms with van der Waals surface area (Å²) in [6, 6.07) is 10.3. The SMILES string of the molecule is CCOC(=O)c1ccc2c(=O)c3cc(CO)ccc3sc2c1. The van der Waals surface area contributed by atoms with Crippen molar-refractivity contribution in [1.82, 2.24) is 0 Å². The van der Waals surface area contributed by atoms with Crippen molar-refractivity contribution >= 4 is 37.5 Å². The van der Waals surface area contributed by atoms with Crippen LogP contribution in [-0.2, 0) is 11.3 Å². The molecular formula is C17H14O4S. The van der Waals surface area contributed by atoms with Crippen molar-refractivity contribution in [3.8, 4) is 0 Å². The van der Waals surface area contributed by atoms with Gasteiger partial charge in [0.25, 0.3) is 0 Å². The van der Waals surface area contributed by atoms with E-state index in [0.717, 1.165) is 9.40 Å². The van der Waals surface area contributed by atoms with E-state index in [1.54, 1.807) is 37.3 Å². The Balaban J connectivity index is 2.24. The second-order valence-corrected chi connectivity index (χ2v) is 5.93. The minimum atomic E-state index is -0.389. The van der Waals surface area contributed by atoms with Crippen LogP contribution in [0.4, 0.5) is 0 Å². The van der Waals surface area contributed by atoms with Crippen LogP contribution in [-0.4, -0.2) is 17.7 Å². The zero-order valence-electron chi connectivity index (χ0n) is 12.0. The van der Waals surface area contributed by atoms with Gasteiger partial charge in [0.15, 0.2) is 5.43 Å². The first-order chi connectivity index (χ1) is 10.6. The number of ether oxygens (including phenoxy) is 1. The van der Waals surface area contributed by atoms with E-state index in [0.29, 0.717) is 28.5 Å². The molecule has 0 aliphatic heterocycles. The third kappa shape index (κ3) is 2.49. The van der Waals surface area contributed by atoms with E-state index in [4.69, 9.17) is 4.74 Å². The van der Waals surface area contributed by atoms with Gasteiger partial charge < -0.3 is 9.84 Å². The number of hydrogen-bond donors (Lipinski definition) is 1. The van der Waals surface area contributed by atoms with Crippen LogP contribution in [0.1, 0.15) is 22.8 Å². The molecule has 0 spiro atoms. The van der Waals surface area contributed by atoms with Crippen LogP contribution in [0.15, 0.2) is 41.2 Å². The molecule has 4 nitrogen and oxygen atoms in total. The first kappa shape index (κ1) is 14.7. The predicted octanol–water partition coefficient (Wildman–Crippen LogP) is 3.08. The van der Waals surface area contributed by atoms with Gasteiger partial charge in [-0.1, -0.05) is 6.07 Å². The van der Waals surface area contributed by atoms with Gasteiger partial charge in [-0.2, -0.15) is 0 Å². The van der Waals surface area contributed by atoms with Gasteiger partial charge in [0.2, 0.25) is 0 Å². The van der Waals surface area contributed by atoms with E-state index in [-0.39, 0.29) is 18.0 Å². The van der Waals surface area contributed by atoms with Crippen molar-refractivity contribution in [3.63, 3.8) is 0 Å². The Morgan fingerprint density at radius 3 is 2.68 bits per heavy atom. The fourth-order valence-corrected chi connectivity index (χ4v) is 3.43. The Labute approximate surface area is 130 Å². The van der Waals surface area contributed by atoms with Crippen LogP contribution in [0, 0.1) is 0 Å². The van der Waals surface area contributed by atoms with Gasteiger partial charge in [-0.05, 0) is 42.8 Å². The molecule has 112 valence electrons. The molecule has 0 amide bonds. The molecule has 0 saturated heterocycles. The van der Waals surface area contributed by atoms with Gasteiger partial charge in [-0.25, -0.2) is 4.79 Å². The van der Waals surface area contributed by atoms with Crippen molar-refractivity contribution in [3.05, 3.63) is 57.7 Å². The third-order valence-corrected chi connectivity index (χ3v) is 4.56. The molecule has 0 fully saturated rings. The lowest BCUT2D eigenvalue weighted by molar-refractivity contribution is 0.0526. The number of benzene rings is 2. The highest BCUT2D eigenvalue weighted by Gasteiger charge is 2.11. The predicted molar refractivity (Wildman–Crippen MR) is 87.5 cm³/mol. The molecule has 0 atom stereocenters. The number of fused-ring (bicyclic) bond motifs is 2. The fraction of sp³-hybridized carbons (Fsp3) is 0.176. The van der Waals surface area contributed by atoms with Gasteiger partial charge >= 0.3 is 5.97 Å². The second kappa shape index (κ2) is 5.87. The molecule has 1 aromatic heterocycles. The number of rotatable bonds is 3. The van der Waals surface area contributed by atoms with Gasteiger partial charge in [0, 0.05) is 20.2 Å². The monoisotopic (exact) mass is 314 g/mol. The molecule has 3 rings (SSSR count). The summed E-state index contributed by atoms with van der Waals surface area (Å²) < 4.78 is 6.56. The Morgan fingerprint density at radius 2 is 1.95 bits per heavy atom. The molecule has 2 aromatic carbocycles. The van der Waals surface area contributed by atoms with Gasteiger partial charge in [0.05, 0.1) is 18.8 Å². The van der Waals surface area contributed by atoms with Crippen LogP contribution in [0.25, 0.3) is 20.2 Å². The molecule has 0 unspecified atom stereocenters. The Kier molecular flexibility index (Phi) is 3.92. The zero-order chi connectivity index (χ0) is 15.7. The summed E-state index contributed by atoms with van der Waals surface area (Å²) >= 11 is 1.44. The third-order valence-electron chi connectivity index (χ3n) is 3.43. The molecule has 0 saturated carbocycles. The molecule has 0 radical (unpaired) electrons. The molecule has 3 aromatic rings. The van der Waals surface area contributed by atoms with Gasteiger partial charge in [0.1, 0.15) is 0 Å². The summed E-state index contributed by atoms with van der Waals surface area (Å²) in [5.74, 6) is -0.389. The van der Waals surface area contributed by atoms with Gasteiger partial charge in [-0.15, -0.1) is 11.3 Å². The van der Waals surface area contributed by atoms with Crippen LogP contribution in [0.3, 0.4) is 0 Å². The summed E-state index contributed by atoms with van der Waals surface area (Å²) in [5, 5.41) is 10.4. The minimum absolute atomic E-state index is 0.0885. The van der Waals surface area contributed by atoms with Crippen LogP contribution >= 0.6 is 11.3 Å². The summed E-state index contributed by atoms with van der Waals surface area (Å²) in [6.07, 6.45) is 0. The van der Waals surface area contributed by atoms with Crippen molar-refractivity contribution in [2.24, 2.45) is 0 Å². The van der Waals surface area contributed by atoms with E-state index in [2.05, 4.69) is 0 Å². The highest BCUT2D eigenvalue weighted by Crippen LogP contribution is 2.26. The highest BCUT2D eigenvalue weighted by molar-refractivity contribution is 7.24. The molecule has 0 bridgehead atoms. The lowest BCUT2D eigenvalue weighted by Crippen LogP contribution is -2.06. The number of carbonyl (C=O) groups is 1. The summed E-state index contributed by atoms with van der Waals surface area (Å²) in [4.78, 5) is 24.4. The van der Waals surface area contributed by atoms with Crippen LogP contribution in [0.2, 0.25) is 0 Å². The molecular weight excluding hydrogens is 300 g/mol. The van der Waals surface area contributed by atoms with E-state index in [1.165, 1.54) is 11.3 Å². The quantitative estimate of drug-likeness (QED) is 0.596. The molecule has 0 aliphatic rings. The minimum Gasteiger partial charge on any atom is -0.462 e. The Morgan fingerprint density at radius 1 is 1.14 bits per heavy atom. The van der Waals surface area contributed by atoms with E-state index in [1.807, 2.05) is 6.07 Å². The normalized spacial score (nSPS) is 11.0. The maximum Gasteiger partial charge on any atom is 0.338 e. The average Bonchev–Trinajstić information content (AvgIpc) is 2.54. The Hall–Kier alpha value is -2.24. The molecule has 0 aliphatic carbocycles. The summed E-state index contributed by atoms with van der Waals surface area (Å²) in [5.41, 5.74) is 1.06. The summed E-state index contributed by atoms with van der Waals surface area (Å²) in [7, 11) is 0. The van der Waals surface area contributed by atoms with E-state index >= 15 is 0 Å². The van der Waals surface area contributed by atoms with Gasteiger partial charge in [-0.3, -0.25) is 4.79 Å². The molecule has 22 heavy (non-hydrogen) atoms. The number of carbonyl (C=O) groups excluding carboxylic acids is 1. The number of aliphatic hydroxyl groups excluding tert-OH is 1. The topological polar surface area (TPSA) is 63.6 Å². The second-order valence-electron chi connectivity index (χ2n) is 4.85. The maximum absolute atomic E-state index is 12.6. The van der Waals surface area contributed by atoms with E-state index in [9.17, 15) is 14.7 Å². The molecule has 1 N–H and O–H groups in total. The van der Waals surface area contributed by atoms with Crippen molar-refractivity contribution in [2.75, 3.05) is 6.61 Å². The standard InChI is InChI=1S/C17H14O4S/c1-2-21-17(20)11-4-5-12-15(8-11)22-14-6-3-10(9-18)7-13(14)16(12)19/h3-8,18H,2,9H2,1H3. The van der Waals surface area contributed by atoms with Crippen molar-refractivity contribution < 1.29 is 14.6 Å². The fourth-order valence-electron chi connectivity index (χ4n) is 2.34. The van der Waals surface area contributed by atoms with Crippen molar-refractivity contribution in [1.29, 1.82) is 0 Å². The summed E-state index contributed by atoms with van der Waals surface area (Å²) in [6.45, 7) is 1.97. The highest BCUT2D eigenvalue weighted by atomic mass is 32.1. The van der Waals surface area contributed by atoms with E-state index < -0.39 is 0 Å². The lowest BCUT2D eigenvalue weighted by atomic mass is 10.1. The zero-order valence-corrected chi connectivity index (χ0v) is 12.8. The molecule has 1 heterocycles. The average molecular weight is 314 g/mol. The maximum atomic E-state index is 12.6. The Bertz CT molecular complexity index is 927. The lowest BCUT2D eigenvalue weighted by Gasteiger charge is -2.05. The first-order valence-corrected chi connectivity index (χ1v) is 7.73. The van der Waals surface area contributed by atoms with Crippen LogP contribution in [0.5, 0.6) is 0 Å². The molecule has 5 heteroatoms. The number of esters is 1. The van der Waals surface area contributed by atoms with Crippen molar-refractivity contribution in [2.45, 2.75) is 13.5 Å². The number of aliphatic hydroxyl groups is 1. The smallest absolute Gasteiger partial charge is 0.338 e.